The molecule has 6 atom stereocenters. The molecule has 0 aromatic heterocycles. The van der Waals surface area contributed by atoms with Crippen LogP contribution in [0.1, 0.15) is 72.6 Å². The summed E-state index contributed by atoms with van der Waals surface area (Å²) in [5, 5.41) is 11.1. The number of aliphatic hydroxyl groups is 1. The van der Waals surface area contributed by atoms with E-state index in [0.29, 0.717) is 12.3 Å². The van der Waals surface area contributed by atoms with Gasteiger partial charge in [-0.1, -0.05) is 19.4 Å². The highest BCUT2D eigenvalue weighted by molar-refractivity contribution is 6.21. The predicted octanol–water partition coefficient (Wildman–Crippen LogP) is 5.10. The second-order valence-corrected chi connectivity index (χ2v) is 9.76. The van der Waals surface area contributed by atoms with Gasteiger partial charge < -0.3 is 9.84 Å². The van der Waals surface area contributed by atoms with E-state index in [0.717, 1.165) is 38.5 Å². The summed E-state index contributed by atoms with van der Waals surface area (Å²) in [5.41, 5.74) is -0.131. The third-order valence-electron chi connectivity index (χ3n) is 7.22. The molecular formula is C21H35ClO3. The maximum Gasteiger partial charge on any atom is 0.312 e. The van der Waals surface area contributed by atoms with Gasteiger partial charge in [0.1, 0.15) is 0 Å². The monoisotopic (exact) mass is 370 g/mol. The van der Waals surface area contributed by atoms with Gasteiger partial charge in [-0.05, 0) is 75.5 Å². The Balaban J connectivity index is 2.37. The summed E-state index contributed by atoms with van der Waals surface area (Å²) >= 11 is 6.85. The van der Waals surface area contributed by atoms with Gasteiger partial charge in [0.2, 0.25) is 0 Å². The number of esters is 1. The Morgan fingerprint density at radius 1 is 1.28 bits per heavy atom. The van der Waals surface area contributed by atoms with Gasteiger partial charge in [-0.2, -0.15) is 0 Å². The van der Waals surface area contributed by atoms with E-state index in [1.165, 1.54) is 12.7 Å². The fraction of sp³-hybridized carbons (Fsp3) is 0.857. The van der Waals surface area contributed by atoms with Crippen molar-refractivity contribution in [3.05, 3.63) is 12.2 Å². The molecule has 2 aliphatic carbocycles. The zero-order valence-electron chi connectivity index (χ0n) is 16.5. The van der Waals surface area contributed by atoms with E-state index in [1.807, 2.05) is 0 Å². The van der Waals surface area contributed by atoms with Gasteiger partial charge in [0, 0.05) is 5.38 Å². The average molecular weight is 371 g/mol. The number of methoxy groups -OCH3 is 1. The van der Waals surface area contributed by atoms with Crippen molar-refractivity contribution < 1.29 is 14.6 Å². The summed E-state index contributed by atoms with van der Waals surface area (Å²) in [4.78, 5) is 12.6. The van der Waals surface area contributed by atoms with Crippen LogP contribution in [0.15, 0.2) is 12.2 Å². The normalized spacial score (nSPS) is 44.0. The minimum atomic E-state index is -1.02. The first-order chi connectivity index (χ1) is 11.5. The second-order valence-electron chi connectivity index (χ2n) is 9.23. The summed E-state index contributed by atoms with van der Waals surface area (Å²) in [6.07, 6.45) is 6.38. The summed E-state index contributed by atoms with van der Waals surface area (Å²) in [7, 11) is 1.42. The van der Waals surface area contributed by atoms with Crippen LogP contribution in [0.2, 0.25) is 0 Å². The maximum atomic E-state index is 12.6. The molecule has 0 amide bonds. The van der Waals surface area contributed by atoms with Crippen molar-refractivity contribution in [2.45, 2.75) is 83.6 Å². The molecule has 2 saturated carbocycles. The fourth-order valence-electron chi connectivity index (χ4n) is 5.95. The van der Waals surface area contributed by atoms with Gasteiger partial charge in [0.15, 0.2) is 0 Å². The first kappa shape index (κ1) is 20.8. The Hall–Kier alpha value is -0.540. The molecule has 0 aromatic rings. The predicted molar refractivity (Wildman–Crippen MR) is 103 cm³/mol. The van der Waals surface area contributed by atoms with Gasteiger partial charge >= 0.3 is 5.97 Å². The number of hydrogen-bond acceptors (Lipinski definition) is 3. The molecule has 0 radical (unpaired) electrons. The molecule has 0 aromatic carbocycles. The number of carbonyl (C=O) groups is 1. The molecular weight excluding hydrogens is 336 g/mol. The molecule has 2 aliphatic rings. The van der Waals surface area contributed by atoms with Crippen LogP contribution in [0, 0.1) is 22.7 Å². The van der Waals surface area contributed by atoms with Crippen LogP contribution in [-0.4, -0.2) is 29.2 Å². The van der Waals surface area contributed by atoms with Crippen molar-refractivity contribution in [1.29, 1.82) is 0 Å². The van der Waals surface area contributed by atoms with Crippen LogP contribution in [-0.2, 0) is 9.53 Å². The molecule has 0 bridgehead atoms. The number of ether oxygens (including phenoxy) is 1. The van der Waals surface area contributed by atoms with E-state index in [1.54, 1.807) is 6.92 Å². The number of fused-ring (bicyclic) bond motifs is 1. The Labute approximate surface area is 158 Å². The van der Waals surface area contributed by atoms with Crippen LogP contribution < -0.4 is 0 Å². The van der Waals surface area contributed by atoms with Crippen LogP contribution in [0.4, 0.5) is 0 Å². The lowest BCUT2D eigenvalue weighted by Crippen LogP contribution is -2.62. The molecule has 0 unspecified atom stereocenters. The Kier molecular flexibility index (Phi) is 6.01. The lowest BCUT2D eigenvalue weighted by atomic mass is 9.44. The van der Waals surface area contributed by atoms with Crippen molar-refractivity contribution in [2.75, 3.05) is 7.11 Å². The molecule has 3 nitrogen and oxygen atoms in total. The Morgan fingerprint density at radius 3 is 2.48 bits per heavy atom. The van der Waals surface area contributed by atoms with Gasteiger partial charge in [0.05, 0.1) is 18.6 Å². The smallest absolute Gasteiger partial charge is 0.312 e. The van der Waals surface area contributed by atoms with Crippen molar-refractivity contribution >= 4 is 17.6 Å². The summed E-state index contributed by atoms with van der Waals surface area (Å²) < 4.78 is 5.10. The molecule has 0 saturated heterocycles. The van der Waals surface area contributed by atoms with E-state index >= 15 is 0 Å². The van der Waals surface area contributed by atoms with E-state index in [2.05, 4.69) is 27.4 Å². The first-order valence-electron chi connectivity index (χ1n) is 9.57. The maximum absolute atomic E-state index is 12.6. The molecule has 0 spiro atoms. The fourth-order valence-corrected chi connectivity index (χ4v) is 6.32. The molecule has 0 aliphatic heterocycles. The number of hydrogen-bond donors (Lipinski definition) is 1. The molecule has 2 fully saturated rings. The molecule has 144 valence electrons. The number of carbonyl (C=O) groups excluding carboxylic acids is 1. The van der Waals surface area contributed by atoms with E-state index in [4.69, 9.17) is 16.3 Å². The SMILES string of the molecule is C=C(C)CCC[C@@]1(C)[C@@H]2CC[C@](C)(O)[C@H](C(=O)OC)[C@@]2(C)CC[C@@H]1Cl. The Bertz CT molecular complexity index is 529. The third-order valence-corrected chi connectivity index (χ3v) is 7.94. The molecule has 1 N–H and O–H groups in total. The molecule has 2 rings (SSSR count). The van der Waals surface area contributed by atoms with Crippen LogP contribution in [0.5, 0.6) is 0 Å². The largest absolute Gasteiger partial charge is 0.469 e. The number of allylic oxidation sites excluding steroid dienone is 1. The lowest BCUT2D eigenvalue weighted by molar-refractivity contribution is -0.196. The summed E-state index contributed by atoms with van der Waals surface area (Å²) in [5.74, 6) is -0.464. The van der Waals surface area contributed by atoms with E-state index in [9.17, 15) is 9.90 Å². The van der Waals surface area contributed by atoms with Crippen LogP contribution >= 0.6 is 11.6 Å². The van der Waals surface area contributed by atoms with Crippen LogP contribution in [0.3, 0.4) is 0 Å². The van der Waals surface area contributed by atoms with Crippen molar-refractivity contribution in [2.24, 2.45) is 22.7 Å². The van der Waals surface area contributed by atoms with E-state index < -0.39 is 11.5 Å². The topological polar surface area (TPSA) is 46.5 Å². The third kappa shape index (κ3) is 3.64. The minimum absolute atomic E-state index is 0.0349. The molecule has 4 heteroatoms. The van der Waals surface area contributed by atoms with Crippen molar-refractivity contribution in [3.63, 3.8) is 0 Å². The zero-order chi connectivity index (χ0) is 19.0. The zero-order valence-corrected chi connectivity index (χ0v) is 17.3. The molecule has 0 heterocycles. The van der Waals surface area contributed by atoms with Crippen molar-refractivity contribution in [1.82, 2.24) is 0 Å². The van der Waals surface area contributed by atoms with Crippen molar-refractivity contribution in [3.8, 4) is 0 Å². The van der Waals surface area contributed by atoms with Gasteiger partial charge in [0.25, 0.3) is 0 Å². The quantitative estimate of drug-likeness (QED) is 0.416. The molecule has 25 heavy (non-hydrogen) atoms. The van der Waals surface area contributed by atoms with Gasteiger partial charge in [-0.15, -0.1) is 18.2 Å². The van der Waals surface area contributed by atoms with E-state index in [-0.39, 0.29) is 22.2 Å². The summed E-state index contributed by atoms with van der Waals surface area (Å²) in [6.45, 7) is 12.3. The van der Waals surface area contributed by atoms with Gasteiger partial charge in [-0.25, -0.2) is 0 Å². The average Bonchev–Trinajstić information content (AvgIpc) is 2.50. The second kappa shape index (κ2) is 7.23. The highest BCUT2D eigenvalue weighted by atomic mass is 35.5. The first-order valence-corrected chi connectivity index (χ1v) is 10.0. The highest BCUT2D eigenvalue weighted by Gasteiger charge is 2.63. The minimum Gasteiger partial charge on any atom is -0.469 e. The van der Waals surface area contributed by atoms with Crippen LogP contribution in [0.25, 0.3) is 0 Å². The standard InChI is InChI=1S/C21H35ClO3/c1-14(2)8-7-11-19(3)15-9-13-21(5,24)17(18(23)25-6)20(15,4)12-10-16(19)22/h15-17,24H,1,7-13H2,2-6H3/t15-,16-,17+,19-,20-,21-/m0/s1. The Morgan fingerprint density at radius 2 is 1.92 bits per heavy atom. The summed E-state index contributed by atoms with van der Waals surface area (Å²) in [6, 6.07) is 0. The lowest BCUT2D eigenvalue weighted by Gasteiger charge is -2.62. The number of alkyl halides is 1. The highest BCUT2D eigenvalue weighted by Crippen LogP contribution is 2.64. The van der Waals surface area contributed by atoms with Gasteiger partial charge in [-0.3, -0.25) is 4.79 Å². The number of rotatable bonds is 5. The number of halogens is 1.